The highest BCUT2D eigenvalue weighted by Gasteiger charge is 2.37. The summed E-state index contributed by atoms with van der Waals surface area (Å²) in [4.78, 5) is 39.6. The van der Waals surface area contributed by atoms with E-state index >= 15 is 0 Å². The molecule has 0 spiro atoms. The standard InChI is InChI=1S/C21H30N2O5/c1-21(2,3)23(14-15-8-5-4-6-9-15)18(25)12-11-17(24)22-13-7-10-16(22)19(26)20(27)28/h4-6,8-9,16,19,26H,7,10-14H2,1-3H3,(H,27,28)/t16-,19?/m0/s1. The van der Waals surface area contributed by atoms with E-state index in [2.05, 4.69) is 0 Å². The van der Waals surface area contributed by atoms with Gasteiger partial charge in [0.15, 0.2) is 6.10 Å². The third kappa shape index (κ3) is 5.55. The number of aliphatic hydroxyl groups excluding tert-OH is 1. The van der Waals surface area contributed by atoms with Crippen LogP contribution >= 0.6 is 0 Å². The van der Waals surface area contributed by atoms with Gasteiger partial charge in [-0.05, 0) is 39.2 Å². The third-order valence-corrected chi connectivity index (χ3v) is 5.08. The average molecular weight is 390 g/mol. The van der Waals surface area contributed by atoms with Gasteiger partial charge in [-0.25, -0.2) is 4.79 Å². The van der Waals surface area contributed by atoms with Crippen LogP contribution in [0.3, 0.4) is 0 Å². The highest BCUT2D eigenvalue weighted by molar-refractivity contribution is 5.85. The highest BCUT2D eigenvalue weighted by atomic mass is 16.4. The van der Waals surface area contributed by atoms with Crippen LogP contribution in [0.4, 0.5) is 0 Å². The van der Waals surface area contributed by atoms with Crippen LogP contribution in [0.2, 0.25) is 0 Å². The zero-order chi connectivity index (χ0) is 20.9. The summed E-state index contributed by atoms with van der Waals surface area (Å²) in [6, 6.07) is 8.96. The van der Waals surface area contributed by atoms with Gasteiger partial charge in [0.1, 0.15) is 0 Å². The molecular formula is C21H30N2O5. The highest BCUT2D eigenvalue weighted by Crippen LogP contribution is 2.23. The molecule has 2 N–H and O–H groups in total. The predicted molar refractivity (Wildman–Crippen MR) is 104 cm³/mol. The van der Waals surface area contributed by atoms with E-state index in [4.69, 9.17) is 5.11 Å². The first-order valence-corrected chi connectivity index (χ1v) is 9.66. The molecule has 1 fully saturated rings. The summed E-state index contributed by atoms with van der Waals surface area (Å²) >= 11 is 0. The minimum atomic E-state index is -1.59. The molecule has 0 radical (unpaired) electrons. The number of benzene rings is 1. The van der Waals surface area contributed by atoms with Crippen LogP contribution in [0.25, 0.3) is 0 Å². The first kappa shape index (κ1) is 21.9. The topological polar surface area (TPSA) is 98.2 Å². The van der Waals surface area contributed by atoms with E-state index in [0.29, 0.717) is 25.9 Å². The zero-order valence-corrected chi connectivity index (χ0v) is 16.8. The van der Waals surface area contributed by atoms with Crippen LogP contribution in [-0.4, -0.2) is 62.0 Å². The van der Waals surface area contributed by atoms with Gasteiger partial charge in [0.2, 0.25) is 11.8 Å². The fraction of sp³-hybridized carbons (Fsp3) is 0.571. The molecule has 0 saturated carbocycles. The van der Waals surface area contributed by atoms with Crippen molar-refractivity contribution < 1.29 is 24.6 Å². The number of aliphatic hydroxyl groups is 1. The predicted octanol–water partition coefficient (Wildman–Crippen LogP) is 2.03. The van der Waals surface area contributed by atoms with Crippen molar-refractivity contribution in [1.29, 1.82) is 0 Å². The minimum absolute atomic E-state index is 0.00302. The van der Waals surface area contributed by atoms with Crippen molar-refractivity contribution in [3.63, 3.8) is 0 Å². The zero-order valence-electron chi connectivity index (χ0n) is 16.8. The van der Waals surface area contributed by atoms with Gasteiger partial charge < -0.3 is 20.0 Å². The quantitative estimate of drug-likeness (QED) is 0.742. The number of likely N-dealkylation sites (tertiary alicyclic amines) is 1. The summed E-state index contributed by atoms with van der Waals surface area (Å²) in [6.45, 7) is 6.73. The SMILES string of the molecule is CC(C)(C)N(Cc1ccccc1)C(=O)CCC(=O)N1CCC[C@H]1C(O)C(=O)O. The number of hydrogen-bond donors (Lipinski definition) is 2. The second-order valence-electron chi connectivity index (χ2n) is 8.22. The number of carboxylic acid groups (broad SMARTS) is 1. The van der Waals surface area contributed by atoms with Crippen molar-refractivity contribution in [1.82, 2.24) is 9.80 Å². The average Bonchev–Trinajstić information content (AvgIpc) is 3.12. The number of rotatable bonds is 7. The lowest BCUT2D eigenvalue weighted by molar-refractivity contribution is -0.152. The lowest BCUT2D eigenvalue weighted by atomic mass is 10.0. The molecule has 2 amide bonds. The second-order valence-corrected chi connectivity index (χ2v) is 8.22. The Kier molecular flexibility index (Phi) is 7.18. The smallest absolute Gasteiger partial charge is 0.334 e. The molecule has 1 saturated heterocycles. The lowest BCUT2D eigenvalue weighted by Gasteiger charge is -2.36. The number of aliphatic carboxylic acids is 1. The van der Waals surface area contributed by atoms with Gasteiger partial charge in [0, 0.05) is 31.5 Å². The molecule has 28 heavy (non-hydrogen) atoms. The summed E-state index contributed by atoms with van der Waals surface area (Å²) in [5.74, 6) is -1.74. The molecule has 1 heterocycles. The van der Waals surface area contributed by atoms with Gasteiger partial charge in [-0.1, -0.05) is 30.3 Å². The van der Waals surface area contributed by atoms with Crippen LogP contribution in [0.5, 0.6) is 0 Å². The second kappa shape index (κ2) is 9.19. The fourth-order valence-corrected chi connectivity index (χ4v) is 3.55. The Hall–Kier alpha value is -2.41. The van der Waals surface area contributed by atoms with Gasteiger partial charge in [-0.15, -0.1) is 0 Å². The van der Waals surface area contributed by atoms with E-state index in [-0.39, 0.29) is 24.7 Å². The number of carbonyl (C=O) groups is 3. The fourth-order valence-electron chi connectivity index (χ4n) is 3.55. The van der Waals surface area contributed by atoms with Gasteiger partial charge in [-0.3, -0.25) is 9.59 Å². The van der Waals surface area contributed by atoms with Crippen LogP contribution in [0.15, 0.2) is 30.3 Å². The van der Waals surface area contributed by atoms with E-state index < -0.39 is 23.7 Å². The largest absolute Gasteiger partial charge is 0.479 e. The maximum Gasteiger partial charge on any atom is 0.334 e. The van der Waals surface area contributed by atoms with E-state index in [1.54, 1.807) is 4.90 Å². The normalized spacial score (nSPS) is 18.0. The van der Waals surface area contributed by atoms with Crippen LogP contribution < -0.4 is 0 Å². The molecule has 0 aliphatic carbocycles. The Morgan fingerprint density at radius 2 is 1.82 bits per heavy atom. The van der Waals surface area contributed by atoms with E-state index in [0.717, 1.165) is 5.56 Å². The van der Waals surface area contributed by atoms with Crippen molar-refractivity contribution in [2.45, 2.75) is 70.7 Å². The number of hydrogen-bond acceptors (Lipinski definition) is 4. The third-order valence-electron chi connectivity index (χ3n) is 5.08. The molecule has 0 aromatic heterocycles. The Bertz CT molecular complexity index is 698. The van der Waals surface area contributed by atoms with Gasteiger partial charge in [-0.2, -0.15) is 0 Å². The molecule has 7 nitrogen and oxygen atoms in total. The molecule has 2 rings (SSSR count). The number of carboxylic acids is 1. The van der Waals surface area contributed by atoms with Gasteiger partial charge in [0.05, 0.1) is 6.04 Å². The van der Waals surface area contributed by atoms with E-state index in [1.165, 1.54) is 4.90 Å². The molecule has 1 unspecified atom stereocenters. The maximum atomic E-state index is 12.8. The van der Waals surface area contributed by atoms with Crippen molar-refractivity contribution in [2.24, 2.45) is 0 Å². The van der Waals surface area contributed by atoms with Crippen molar-refractivity contribution in [3.05, 3.63) is 35.9 Å². The summed E-state index contributed by atoms with van der Waals surface area (Å²) in [5.41, 5.74) is 0.618. The Labute approximate surface area is 165 Å². The molecule has 7 heteroatoms. The summed E-state index contributed by atoms with van der Waals surface area (Å²) in [5, 5.41) is 18.8. The van der Waals surface area contributed by atoms with Crippen molar-refractivity contribution >= 4 is 17.8 Å². The molecule has 2 atom stereocenters. The lowest BCUT2D eigenvalue weighted by Crippen LogP contribution is -2.47. The van der Waals surface area contributed by atoms with Gasteiger partial charge >= 0.3 is 5.97 Å². The van der Waals surface area contributed by atoms with Crippen LogP contribution in [-0.2, 0) is 20.9 Å². The monoisotopic (exact) mass is 390 g/mol. The Morgan fingerprint density at radius 1 is 1.18 bits per heavy atom. The molecule has 1 aromatic rings. The van der Waals surface area contributed by atoms with E-state index in [9.17, 15) is 19.5 Å². The number of nitrogens with zero attached hydrogens (tertiary/aromatic N) is 2. The molecule has 1 aliphatic heterocycles. The molecular weight excluding hydrogens is 360 g/mol. The van der Waals surface area contributed by atoms with E-state index in [1.807, 2.05) is 51.1 Å². The molecule has 1 aromatic carbocycles. The molecule has 1 aliphatic rings. The van der Waals surface area contributed by atoms with Crippen molar-refractivity contribution in [3.8, 4) is 0 Å². The first-order valence-electron chi connectivity index (χ1n) is 9.66. The summed E-state index contributed by atoms with van der Waals surface area (Å²) in [7, 11) is 0. The number of carbonyl (C=O) groups excluding carboxylic acids is 2. The first-order chi connectivity index (χ1) is 13.1. The molecule has 0 bridgehead atoms. The van der Waals surface area contributed by atoms with Crippen LogP contribution in [0, 0.1) is 0 Å². The summed E-state index contributed by atoms with van der Waals surface area (Å²) < 4.78 is 0. The molecule has 154 valence electrons. The van der Waals surface area contributed by atoms with Gasteiger partial charge in [0.25, 0.3) is 0 Å². The summed E-state index contributed by atoms with van der Waals surface area (Å²) in [6.07, 6.45) is -0.434. The van der Waals surface area contributed by atoms with Crippen molar-refractivity contribution in [2.75, 3.05) is 6.54 Å². The number of amides is 2. The minimum Gasteiger partial charge on any atom is -0.479 e. The Balaban J connectivity index is 1.99. The maximum absolute atomic E-state index is 12.8. The van der Waals surface area contributed by atoms with Crippen LogP contribution in [0.1, 0.15) is 52.0 Å². The Morgan fingerprint density at radius 3 is 2.39 bits per heavy atom.